The molecule has 31 heavy (non-hydrogen) atoms. The molecule has 2 amide bonds. The number of nitrogens with one attached hydrogen (secondary N) is 1. The van der Waals surface area contributed by atoms with Gasteiger partial charge in [-0.2, -0.15) is 0 Å². The van der Waals surface area contributed by atoms with E-state index in [2.05, 4.69) is 21.7 Å². The third-order valence-corrected chi connectivity index (χ3v) is 6.28. The molecule has 1 aromatic carbocycles. The Morgan fingerprint density at radius 3 is 2.77 bits per heavy atom. The molecule has 0 fully saturated rings. The summed E-state index contributed by atoms with van der Waals surface area (Å²) in [5, 5.41) is 4.96. The van der Waals surface area contributed by atoms with Gasteiger partial charge in [-0.05, 0) is 53.3 Å². The SMILES string of the molecule is O=C(CCC(=O)N1CCc2sccc2C1)NCc1ccc(OCc2ccccn2)cc1. The number of benzene rings is 1. The van der Waals surface area contributed by atoms with Crippen molar-refractivity contribution >= 4 is 23.2 Å². The van der Waals surface area contributed by atoms with Crippen LogP contribution in [0.25, 0.3) is 0 Å². The van der Waals surface area contributed by atoms with Crippen molar-refractivity contribution < 1.29 is 14.3 Å². The van der Waals surface area contributed by atoms with Crippen molar-refractivity contribution in [3.05, 3.63) is 81.8 Å². The van der Waals surface area contributed by atoms with Gasteiger partial charge in [-0.15, -0.1) is 11.3 Å². The van der Waals surface area contributed by atoms with Gasteiger partial charge in [0.15, 0.2) is 0 Å². The molecule has 0 atom stereocenters. The molecule has 6 nitrogen and oxygen atoms in total. The molecule has 1 N–H and O–H groups in total. The van der Waals surface area contributed by atoms with Gasteiger partial charge in [0.2, 0.25) is 11.8 Å². The van der Waals surface area contributed by atoms with Crippen molar-refractivity contribution in [3.63, 3.8) is 0 Å². The smallest absolute Gasteiger partial charge is 0.223 e. The van der Waals surface area contributed by atoms with E-state index >= 15 is 0 Å². The first-order chi connectivity index (χ1) is 15.2. The Bertz CT molecular complexity index is 1020. The Kier molecular flexibility index (Phi) is 6.94. The first-order valence-electron chi connectivity index (χ1n) is 10.4. The molecule has 0 spiro atoms. The minimum atomic E-state index is -0.114. The number of rotatable bonds is 8. The predicted molar refractivity (Wildman–Crippen MR) is 120 cm³/mol. The van der Waals surface area contributed by atoms with E-state index in [9.17, 15) is 9.59 Å². The lowest BCUT2D eigenvalue weighted by molar-refractivity contribution is -0.134. The zero-order valence-electron chi connectivity index (χ0n) is 17.3. The van der Waals surface area contributed by atoms with E-state index in [1.807, 2.05) is 47.4 Å². The second-order valence-corrected chi connectivity index (χ2v) is 8.47. The molecular formula is C24H25N3O3S. The number of carbonyl (C=O) groups excluding carboxylic acids is 2. The van der Waals surface area contributed by atoms with Crippen LogP contribution in [0.4, 0.5) is 0 Å². The van der Waals surface area contributed by atoms with E-state index in [1.54, 1.807) is 17.5 Å². The average Bonchev–Trinajstić information content (AvgIpc) is 3.29. The van der Waals surface area contributed by atoms with E-state index in [-0.39, 0.29) is 24.7 Å². The lowest BCUT2D eigenvalue weighted by Gasteiger charge is -2.27. The van der Waals surface area contributed by atoms with Gasteiger partial charge >= 0.3 is 0 Å². The maximum absolute atomic E-state index is 12.4. The summed E-state index contributed by atoms with van der Waals surface area (Å²) in [6, 6.07) is 15.4. The van der Waals surface area contributed by atoms with Crippen LogP contribution in [0, 0.1) is 0 Å². The monoisotopic (exact) mass is 435 g/mol. The zero-order valence-corrected chi connectivity index (χ0v) is 18.1. The van der Waals surface area contributed by atoms with E-state index in [4.69, 9.17) is 4.74 Å². The molecule has 7 heteroatoms. The number of hydrogen-bond donors (Lipinski definition) is 1. The highest BCUT2D eigenvalue weighted by atomic mass is 32.1. The minimum absolute atomic E-state index is 0.0430. The summed E-state index contributed by atoms with van der Waals surface area (Å²) in [5.74, 6) is 0.681. The van der Waals surface area contributed by atoms with Gasteiger partial charge in [0.1, 0.15) is 12.4 Å². The van der Waals surface area contributed by atoms with E-state index in [0.717, 1.165) is 30.0 Å². The van der Waals surface area contributed by atoms with Gasteiger partial charge < -0.3 is 15.0 Å². The van der Waals surface area contributed by atoms with Gasteiger partial charge in [0.05, 0.1) is 5.69 Å². The molecule has 0 saturated carbocycles. The Hall–Kier alpha value is -3.19. The Balaban J connectivity index is 1.16. The Morgan fingerprint density at radius 2 is 1.97 bits per heavy atom. The molecule has 0 aliphatic carbocycles. The molecule has 2 aromatic heterocycles. The summed E-state index contributed by atoms with van der Waals surface area (Å²) in [7, 11) is 0. The second kappa shape index (κ2) is 10.2. The van der Waals surface area contributed by atoms with Crippen molar-refractivity contribution in [2.75, 3.05) is 6.54 Å². The number of hydrogen-bond acceptors (Lipinski definition) is 5. The summed E-state index contributed by atoms with van der Waals surface area (Å²) < 4.78 is 5.72. The highest BCUT2D eigenvalue weighted by Gasteiger charge is 2.21. The van der Waals surface area contributed by atoms with Crippen molar-refractivity contribution in [2.45, 2.75) is 39.0 Å². The topological polar surface area (TPSA) is 71.5 Å². The number of pyridine rings is 1. The van der Waals surface area contributed by atoms with Crippen LogP contribution in [-0.4, -0.2) is 28.2 Å². The van der Waals surface area contributed by atoms with Crippen LogP contribution >= 0.6 is 11.3 Å². The third-order valence-electron chi connectivity index (χ3n) is 5.25. The zero-order chi connectivity index (χ0) is 21.5. The van der Waals surface area contributed by atoms with Gasteiger partial charge in [-0.1, -0.05) is 18.2 Å². The molecule has 1 aliphatic heterocycles. The molecule has 4 rings (SSSR count). The van der Waals surface area contributed by atoms with Crippen LogP contribution in [0.3, 0.4) is 0 Å². The average molecular weight is 436 g/mol. The molecule has 1 aliphatic rings. The molecule has 0 bridgehead atoms. The highest BCUT2D eigenvalue weighted by molar-refractivity contribution is 7.10. The maximum atomic E-state index is 12.4. The van der Waals surface area contributed by atoms with Crippen molar-refractivity contribution in [3.8, 4) is 5.75 Å². The first-order valence-corrected chi connectivity index (χ1v) is 11.3. The second-order valence-electron chi connectivity index (χ2n) is 7.46. The molecule has 0 unspecified atom stereocenters. The number of ether oxygens (including phenoxy) is 1. The molecule has 0 radical (unpaired) electrons. The summed E-state index contributed by atoms with van der Waals surface area (Å²) in [6.45, 7) is 2.24. The number of nitrogens with zero attached hydrogens (tertiary/aromatic N) is 2. The lowest BCUT2D eigenvalue weighted by Crippen LogP contribution is -2.36. The summed E-state index contributed by atoms with van der Waals surface area (Å²) in [5.41, 5.74) is 3.08. The van der Waals surface area contributed by atoms with Crippen LogP contribution in [-0.2, 0) is 35.7 Å². The summed E-state index contributed by atoms with van der Waals surface area (Å²) in [4.78, 5) is 32.1. The van der Waals surface area contributed by atoms with Gasteiger partial charge in [0, 0.05) is 43.5 Å². The van der Waals surface area contributed by atoms with Crippen LogP contribution in [0.1, 0.15) is 34.5 Å². The highest BCUT2D eigenvalue weighted by Crippen LogP contribution is 2.24. The van der Waals surface area contributed by atoms with Gasteiger partial charge in [-0.3, -0.25) is 14.6 Å². The number of carbonyl (C=O) groups is 2. The van der Waals surface area contributed by atoms with Crippen LogP contribution in [0.5, 0.6) is 5.75 Å². The molecular weight excluding hydrogens is 410 g/mol. The van der Waals surface area contributed by atoms with Crippen LogP contribution < -0.4 is 10.1 Å². The molecule has 160 valence electrons. The fraction of sp³-hybridized carbons (Fsp3) is 0.292. The fourth-order valence-electron chi connectivity index (χ4n) is 3.47. The Morgan fingerprint density at radius 1 is 1.10 bits per heavy atom. The Labute approximate surface area is 185 Å². The summed E-state index contributed by atoms with van der Waals surface area (Å²) in [6.07, 6.45) is 3.10. The van der Waals surface area contributed by atoms with E-state index in [0.29, 0.717) is 19.7 Å². The molecule has 0 saturated heterocycles. The normalized spacial score (nSPS) is 12.8. The number of aromatic nitrogens is 1. The van der Waals surface area contributed by atoms with Crippen molar-refractivity contribution in [2.24, 2.45) is 0 Å². The molecule has 3 heterocycles. The van der Waals surface area contributed by atoms with Gasteiger partial charge in [-0.25, -0.2) is 0 Å². The maximum Gasteiger partial charge on any atom is 0.223 e. The van der Waals surface area contributed by atoms with Crippen molar-refractivity contribution in [1.82, 2.24) is 15.2 Å². The molecule has 3 aromatic rings. The van der Waals surface area contributed by atoms with Gasteiger partial charge in [0.25, 0.3) is 0 Å². The third kappa shape index (κ3) is 5.92. The summed E-state index contributed by atoms with van der Waals surface area (Å²) >= 11 is 1.75. The first kappa shape index (κ1) is 21.1. The van der Waals surface area contributed by atoms with Crippen molar-refractivity contribution in [1.29, 1.82) is 0 Å². The van der Waals surface area contributed by atoms with E-state index < -0.39 is 0 Å². The largest absolute Gasteiger partial charge is 0.487 e. The standard InChI is InChI=1S/C24H25N3O3S/c28-23(8-9-24(29)27-13-10-22-19(16-27)11-14-31-22)26-15-18-4-6-21(7-5-18)30-17-20-3-1-2-12-25-20/h1-7,11-12,14H,8-10,13,15-17H2,(H,26,28). The lowest BCUT2D eigenvalue weighted by atomic mass is 10.1. The quantitative estimate of drug-likeness (QED) is 0.586. The number of amides is 2. The number of fused-ring (bicyclic) bond motifs is 1. The predicted octanol–water partition coefficient (Wildman–Crippen LogP) is 3.70. The fourth-order valence-corrected chi connectivity index (χ4v) is 4.36. The van der Waals surface area contributed by atoms with Crippen LogP contribution in [0.2, 0.25) is 0 Å². The van der Waals surface area contributed by atoms with Crippen LogP contribution in [0.15, 0.2) is 60.1 Å². The number of thiophene rings is 1. The minimum Gasteiger partial charge on any atom is -0.487 e. The van der Waals surface area contributed by atoms with E-state index in [1.165, 1.54) is 10.4 Å².